The maximum Gasteiger partial charge on any atom is 0.144 e. The molecule has 3 rings (SSSR count). The van der Waals surface area contributed by atoms with Crippen molar-refractivity contribution in [2.75, 3.05) is 0 Å². The summed E-state index contributed by atoms with van der Waals surface area (Å²) in [4.78, 5) is 4.36. The normalized spacial score (nSPS) is 11.4. The highest BCUT2D eigenvalue weighted by atomic mass is 35.5. The van der Waals surface area contributed by atoms with Crippen molar-refractivity contribution in [3.63, 3.8) is 0 Å². The summed E-state index contributed by atoms with van der Waals surface area (Å²) in [6.45, 7) is 0. The molecule has 0 saturated carbocycles. The fourth-order valence-electron chi connectivity index (χ4n) is 2.08. The summed E-state index contributed by atoms with van der Waals surface area (Å²) in [6, 6.07) is 18.7. The summed E-state index contributed by atoms with van der Waals surface area (Å²) >= 11 is 5.80. The van der Waals surface area contributed by atoms with E-state index < -0.39 is 0 Å². The van der Waals surface area contributed by atoms with Crippen LogP contribution in [-0.4, -0.2) is 16.4 Å². The van der Waals surface area contributed by atoms with Gasteiger partial charge in [0.05, 0.1) is 5.69 Å². The molecular weight excluding hydrogens is 338 g/mol. The van der Waals surface area contributed by atoms with E-state index in [1.54, 1.807) is 48.7 Å². The van der Waals surface area contributed by atoms with Crippen LogP contribution < -0.4 is 0 Å². The van der Waals surface area contributed by atoms with Crippen LogP contribution in [-0.2, 0) is 0 Å². The Morgan fingerprint density at radius 3 is 2.16 bits per heavy atom. The van der Waals surface area contributed by atoms with Gasteiger partial charge < -0.3 is 10.2 Å². The summed E-state index contributed by atoms with van der Waals surface area (Å²) in [6.07, 6.45) is 1.56. The molecule has 3 aromatic carbocycles. The van der Waals surface area contributed by atoms with Crippen molar-refractivity contribution in [1.82, 2.24) is 0 Å². The molecule has 0 radical (unpaired) electrons. The number of aliphatic imine (C=N–C) groups is 1. The van der Waals surface area contributed by atoms with Crippen molar-refractivity contribution >= 4 is 34.9 Å². The lowest BCUT2D eigenvalue weighted by molar-refractivity contribution is 0.474. The Bertz CT molecular complexity index is 955. The third-order valence-electron chi connectivity index (χ3n) is 3.36. The minimum absolute atomic E-state index is 0.0496. The van der Waals surface area contributed by atoms with E-state index in [0.29, 0.717) is 27.6 Å². The van der Waals surface area contributed by atoms with Gasteiger partial charge in [0.15, 0.2) is 0 Å². The van der Waals surface area contributed by atoms with Gasteiger partial charge in [-0.25, -0.2) is 0 Å². The largest absolute Gasteiger partial charge is 0.507 e. The molecule has 2 N–H and O–H groups in total. The fourth-order valence-corrected chi connectivity index (χ4v) is 2.25. The van der Waals surface area contributed by atoms with Crippen LogP contribution in [0.15, 0.2) is 82.0 Å². The van der Waals surface area contributed by atoms with Crippen LogP contribution in [0, 0.1) is 0 Å². The molecule has 0 spiro atoms. The van der Waals surface area contributed by atoms with Crippen LogP contribution in [0.2, 0.25) is 5.02 Å². The Hall–Kier alpha value is -3.18. The van der Waals surface area contributed by atoms with Crippen LogP contribution >= 0.6 is 11.6 Å². The van der Waals surface area contributed by atoms with Gasteiger partial charge in [0.1, 0.15) is 22.9 Å². The van der Waals surface area contributed by atoms with E-state index in [9.17, 15) is 10.2 Å². The highest BCUT2D eigenvalue weighted by Gasteiger charge is 2.03. The molecule has 0 bridgehead atoms. The molecule has 0 heterocycles. The third kappa shape index (κ3) is 4.22. The monoisotopic (exact) mass is 351 g/mol. The highest BCUT2D eigenvalue weighted by Crippen LogP contribution is 2.33. The second-order valence-electron chi connectivity index (χ2n) is 5.14. The number of halogens is 1. The van der Waals surface area contributed by atoms with E-state index in [0.717, 1.165) is 0 Å². The van der Waals surface area contributed by atoms with Gasteiger partial charge in [-0.05, 0) is 36.4 Å². The highest BCUT2D eigenvalue weighted by molar-refractivity contribution is 6.30. The smallest absolute Gasteiger partial charge is 0.144 e. The van der Waals surface area contributed by atoms with E-state index >= 15 is 0 Å². The van der Waals surface area contributed by atoms with E-state index in [1.165, 1.54) is 6.07 Å². The molecule has 0 aliphatic heterocycles. The first-order chi connectivity index (χ1) is 12.1. The van der Waals surface area contributed by atoms with Crippen molar-refractivity contribution in [3.8, 4) is 11.5 Å². The predicted molar refractivity (Wildman–Crippen MR) is 99.1 cm³/mol. The molecule has 5 nitrogen and oxygen atoms in total. The molecular formula is C19H14ClN3O2. The molecule has 0 aromatic heterocycles. The lowest BCUT2D eigenvalue weighted by atomic mass is 10.2. The Morgan fingerprint density at radius 2 is 1.40 bits per heavy atom. The number of para-hydroxylation sites is 2. The summed E-state index contributed by atoms with van der Waals surface area (Å²) in [7, 11) is 0. The first kappa shape index (κ1) is 16.7. The first-order valence-corrected chi connectivity index (χ1v) is 7.82. The van der Waals surface area contributed by atoms with Gasteiger partial charge in [-0.15, -0.1) is 10.2 Å². The summed E-state index contributed by atoms with van der Waals surface area (Å²) in [5.41, 5.74) is 2.03. The van der Waals surface area contributed by atoms with Gasteiger partial charge in [0.2, 0.25) is 0 Å². The fraction of sp³-hybridized carbons (Fsp3) is 0. The van der Waals surface area contributed by atoms with Crippen LogP contribution in [0.1, 0.15) is 5.56 Å². The van der Waals surface area contributed by atoms with Crippen molar-refractivity contribution in [2.45, 2.75) is 0 Å². The number of phenols is 2. The Labute approximate surface area is 149 Å². The van der Waals surface area contributed by atoms with Crippen molar-refractivity contribution in [2.24, 2.45) is 15.2 Å². The van der Waals surface area contributed by atoms with Crippen molar-refractivity contribution < 1.29 is 10.2 Å². The van der Waals surface area contributed by atoms with Gasteiger partial charge in [0, 0.05) is 22.9 Å². The van der Waals surface area contributed by atoms with Gasteiger partial charge in [-0.2, -0.15) is 0 Å². The molecule has 0 fully saturated rings. The van der Waals surface area contributed by atoms with E-state index in [1.807, 2.05) is 18.2 Å². The van der Waals surface area contributed by atoms with Crippen LogP contribution in [0.25, 0.3) is 0 Å². The van der Waals surface area contributed by atoms with Crippen molar-refractivity contribution in [3.05, 3.63) is 77.3 Å². The third-order valence-corrected chi connectivity index (χ3v) is 3.60. The van der Waals surface area contributed by atoms with Crippen LogP contribution in [0.4, 0.5) is 17.1 Å². The second kappa shape index (κ2) is 7.59. The number of rotatable bonds is 4. The zero-order valence-electron chi connectivity index (χ0n) is 13.0. The molecule has 6 heteroatoms. The number of aromatic hydroxyl groups is 2. The number of hydrogen-bond acceptors (Lipinski definition) is 5. The minimum atomic E-state index is -0.0496. The van der Waals surface area contributed by atoms with E-state index in [4.69, 9.17) is 11.6 Å². The number of hydrogen-bond donors (Lipinski definition) is 2. The predicted octanol–water partition coefficient (Wildman–Crippen LogP) is 5.92. The number of nitrogens with zero attached hydrogens (tertiary/aromatic N) is 3. The molecule has 25 heavy (non-hydrogen) atoms. The zero-order chi connectivity index (χ0) is 17.6. The minimum Gasteiger partial charge on any atom is -0.507 e. The molecule has 3 aromatic rings. The standard InChI is InChI=1S/C19H14ClN3O2/c20-14-9-10-17(19(25)11-14)23-22-16-7-3-2-6-15(16)21-12-13-5-1-4-8-18(13)24/h1-12,24-25H. The van der Waals surface area contributed by atoms with Crippen LogP contribution in [0.3, 0.4) is 0 Å². The molecule has 0 saturated heterocycles. The number of azo groups is 1. The lowest BCUT2D eigenvalue weighted by Crippen LogP contribution is -1.80. The van der Waals surface area contributed by atoms with Crippen molar-refractivity contribution in [1.29, 1.82) is 0 Å². The molecule has 0 amide bonds. The quantitative estimate of drug-likeness (QED) is 0.452. The van der Waals surface area contributed by atoms with Gasteiger partial charge in [-0.3, -0.25) is 4.99 Å². The SMILES string of the molecule is Oc1ccccc1C=Nc1ccccc1N=Nc1ccc(Cl)cc1O. The summed E-state index contributed by atoms with van der Waals surface area (Å²) in [5, 5.41) is 28.2. The zero-order valence-corrected chi connectivity index (χ0v) is 13.8. The maximum absolute atomic E-state index is 9.83. The molecule has 124 valence electrons. The summed E-state index contributed by atoms with van der Waals surface area (Å²) < 4.78 is 0. The average Bonchev–Trinajstić information content (AvgIpc) is 2.61. The molecule has 0 aliphatic rings. The van der Waals surface area contributed by atoms with Gasteiger partial charge >= 0.3 is 0 Å². The Kier molecular flexibility index (Phi) is 5.06. The molecule has 0 atom stereocenters. The number of benzene rings is 3. The van der Waals surface area contributed by atoms with E-state index in [-0.39, 0.29) is 11.5 Å². The molecule has 0 aliphatic carbocycles. The average molecular weight is 352 g/mol. The maximum atomic E-state index is 9.83. The molecule has 0 unspecified atom stereocenters. The lowest BCUT2D eigenvalue weighted by Gasteiger charge is -2.01. The Balaban J connectivity index is 1.88. The summed E-state index contributed by atoms with van der Waals surface area (Å²) in [5.74, 6) is 0.0999. The Morgan fingerprint density at radius 1 is 0.720 bits per heavy atom. The van der Waals surface area contributed by atoms with E-state index in [2.05, 4.69) is 15.2 Å². The number of phenolic OH excluding ortho intramolecular Hbond substituents is 2. The van der Waals surface area contributed by atoms with Crippen LogP contribution in [0.5, 0.6) is 11.5 Å². The second-order valence-corrected chi connectivity index (χ2v) is 5.58. The first-order valence-electron chi connectivity index (χ1n) is 7.45. The topological polar surface area (TPSA) is 77.5 Å². The van der Waals surface area contributed by atoms with Gasteiger partial charge in [-0.1, -0.05) is 35.9 Å². The van der Waals surface area contributed by atoms with Gasteiger partial charge in [0.25, 0.3) is 0 Å².